The first-order chi connectivity index (χ1) is 12.0. The quantitative estimate of drug-likeness (QED) is 0.662. The monoisotopic (exact) mass is 349 g/mol. The van der Waals surface area contributed by atoms with Crippen molar-refractivity contribution >= 4 is 17.1 Å². The van der Waals surface area contributed by atoms with Crippen molar-refractivity contribution in [1.29, 1.82) is 0 Å². The van der Waals surface area contributed by atoms with Crippen molar-refractivity contribution in [2.24, 2.45) is 0 Å². The van der Waals surface area contributed by atoms with Crippen LogP contribution in [0.2, 0.25) is 0 Å². The van der Waals surface area contributed by atoms with Crippen LogP contribution >= 0.6 is 0 Å². The summed E-state index contributed by atoms with van der Waals surface area (Å²) in [6, 6.07) is 7.98. The maximum Gasteiger partial charge on any atom is 0.292 e. The topological polar surface area (TPSA) is 67.6 Å². The highest BCUT2D eigenvalue weighted by Gasteiger charge is 2.17. The molecule has 132 valence electrons. The molecule has 0 bridgehead atoms. The molecule has 1 aliphatic rings. The summed E-state index contributed by atoms with van der Waals surface area (Å²) in [6.07, 6.45) is 0. The molecule has 0 spiro atoms. The third-order valence-electron chi connectivity index (χ3n) is 4.00. The maximum absolute atomic E-state index is 14.4. The Hall–Kier alpha value is -2.74. The van der Waals surface area contributed by atoms with Crippen LogP contribution in [0.4, 0.5) is 25.8 Å². The van der Waals surface area contributed by atoms with E-state index in [0.717, 1.165) is 18.2 Å². The first kappa shape index (κ1) is 17.1. The predicted octanol–water partition coefficient (Wildman–Crippen LogP) is 3.32. The van der Waals surface area contributed by atoms with Gasteiger partial charge in [0, 0.05) is 31.8 Å². The zero-order valence-electron chi connectivity index (χ0n) is 13.4. The molecular weight excluding hydrogens is 332 g/mol. The highest BCUT2D eigenvalue weighted by molar-refractivity contribution is 5.61. The average Bonchev–Trinajstić information content (AvgIpc) is 2.60. The minimum Gasteiger partial charge on any atom is -0.378 e. The van der Waals surface area contributed by atoms with E-state index in [-0.39, 0.29) is 23.7 Å². The van der Waals surface area contributed by atoms with E-state index in [1.165, 1.54) is 6.07 Å². The molecule has 0 aromatic heterocycles. The van der Waals surface area contributed by atoms with Crippen LogP contribution in [-0.4, -0.2) is 31.2 Å². The van der Waals surface area contributed by atoms with Crippen molar-refractivity contribution < 1.29 is 18.4 Å². The lowest BCUT2D eigenvalue weighted by Crippen LogP contribution is -2.36. The van der Waals surface area contributed by atoms with E-state index in [1.54, 1.807) is 12.1 Å². The molecule has 0 atom stereocenters. The van der Waals surface area contributed by atoms with E-state index < -0.39 is 10.7 Å². The zero-order chi connectivity index (χ0) is 17.8. The molecule has 1 aliphatic heterocycles. The number of ether oxygens (including phenoxy) is 1. The van der Waals surface area contributed by atoms with Gasteiger partial charge in [0.15, 0.2) is 0 Å². The molecule has 1 heterocycles. The number of anilines is 2. The zero-order valence-corrected chi connectivity index (χ0v) is 13.4. The van der Waals surface area contributed by atoms with Gasteiger partial charge in [0.05, 0.1) is 23.8 Å². The molecule has 1 N–H and O–H groups in total. The van der Waals surface area contributed by atoms with Gasteiger partial charge >= 0.3 is 0 Å². The highest BCUT2D eigenvalue weighted by atomic mass is 19.1. The molecule has 0 amide bonds. The van der Waals surface area contributed by atoms with Gasteiger partial charge in [-0.25, -0.2) is 8.78 Å². The number of rotatable bonds is 5. The molecule has 2 aromatic rings. The van der Waals surface area contributed by atoms with Crippen molar-refractivity contribution in [3.63, 3.8) is 0 Å². The molecule has 1 fully saturated rings. The van der Waals surface area contributed by atoms with E-state index in [9.17, 15) is 18.9 Å². The lowest BCUT2D eigenvalue weighted by atomic mass is 10.1. The molecule has 0 saturated carbocycles. The fourth-order valence-corrected chi connectivity index (χ4v) is 2.73. The molecular formula is C17H17F2N3O3. The van der Waals surface area contributed by atoms with Gasteiger partial charge in [0.1, 0.15) is 17.3 Å². The third kappa shape index (κ3) is 4.03. The summed E-state index contributed by atoms with van der Waals surface area (Å²) in [7, 11) is 0. The van der Waals surface area contributed by atoms with Crippen LogP contribution in [0.3, 0.4) is 0 Å². The van der Waals surface area contributed by atoms with E-state index >= 15 is 0 Å². The highest BCUT2D eigenvalue weighted by Crippen LogP contribution is 2.26. The van der Waals surface area contributed by atoms with Crippen molar-refractivity contribution in [1.82, 2.24) is 0 Å². The minimum atomic E-state index is -0.593. The second-order valence-corrected chi connectivity index (χ2v) is 5.66. The van der Waals surface area contributed by atoms with Crippen LogP contribution in [0.5, 0.6) is 0 Å². The summed E-state index contributed by atoms with van der Waals surface area (Å²) < 4.78 is 32.9. The fourth-order valence-electron chi connectivity index (χ4n) is 2.73. The van der Waals surface area contributed by atoms with Crippen molar-refractivity contribution in [3.8, 4) is 0 Å². The molecule has 0 aliphatic carbocycles. The fraction of sp³-hybridized carbons (Fsp3) is 0.294. The minimum absolute atomic E-state index is 0.0580. The Labute approximate surface area is 143 Å². The summed E-state index contributed by atoms with van der Waals surface area (Å²) in [6.45, 7) is 2.52. The molecule has 8 heteroatoms. The van der Waals surface area contributed by atoms with Gasteiger partial charge in [-0.2, -0.15) is 0 Å². The Morgan fingerprint density at radius 2 is 1.92 bits per heavy atom. The SMILES string of the molecule is O=[N+]([O-])c1ccc(F)cc1NCc1ccc(N2CCOCC2)c(F)c1. The van der Waals surface area contributed by atoms with Gasteiger partial charge in [-0.1, -0.05) is 6.07 Å². The van der Waals surface area contributed by atoms with E-state index in [0.29, 0.717) is 37.6 Å². The Morgan fingerprint density at radius 3 is 2.60 bits per heavy atom. The lowest BCUT2D eigenvalue weighted by molar-refractivity contribution is -0.384. The maximum atomic E-state index is 14.4. The predicted molar refractivity (Wildman–Crippen MR) is 89.8 cm³/mol. The van der Waals surface area contributed by atoms with Crippen LogP contribution < -0.4 is 10.2 Å². The van der Waals surface area contributed by atoms with Crippen LogP contribution in [0, 0.1) is 21.7 Å². The summed E-state index contributed by atoms with van der Waals surface area (Å²) in [5.74, 6) is -0.947. The summed E-state index contributed by atoms with van der Waals surface area (Å²) in [4.78, 5) is 12.3. The van der Waals surface area contributed by atoms with Crippen molar-refractivity contribution in [2.45, 2.75) is 6.54 Å². The summed E-state index contributed by atoms with van der Waals surface area (Å²) in [5.41, 5.74) is 0.936. The second-order valence-electron chi connectivity index (χ2n) is 5.66. The van der Waals surface area contributed by atoms with Crippen molar-refractivity contribution in [3.05, 3.63) is 63.7 Å². The number of nitro benzene ring substituents is 1. The van der Waals surface area contributed by atoms with Gasteiger partial charge in [-0.15, -0.1) is 0 Å². The molecule has 25 heavy (non-hydrogen) atoms. The van der Waals surface area contributed by atoms with Crippen LogP contribution in [0.25, 0.3) is 0 Å². The van der Waals surface area contributed by atoms with Crippen molar-refractivity contribution in [2.75, 3.05) is 36.5 Å². The normalized spacial score (nSPS) is 14.4. The summed E-state index contributed by atoms with van der Waals surface area (Å²) >= 11 is 0. The molecule has 1 saturated heterocycles. The van der Waals surface area contributed by atoms with E-state index in [2.05, 4.69) is 5.32 Å². The largest absolute Gasteiger partial charge is 0.378 e. The lowest BCUT2D eigenvalue weighted by Gasteiger charge is -2.29. The smallest absolute Gasteiger partial charge is 0.292 e. The van der Waals surface area contributed by atoms with Gasteiger partial charge in [-0.3, -0.25) is 10.1 Å². The summed E-state index contributed by atoms with van der Waals surface area (Å²) in [5, 5.41) is 13.8. The molecule has 0 radical (unpaired) electrons. The Morgan fingerprint density at radius 1 is 1.16 bits per heavy atom. The first-order valence-corrected chi connectivity index (χ1v) is 7.83. The van der Waals surface area contributed by atoms with Gasteiger partial charge < -0.3 is 15.0 Å². The third-order valence-corrected chi connectivity index (χ3v) is 4.00. The Bertz CT molecular complexity index is 780. The average molecular weight is 349 g/mol. The Balaban J connectivity index is 1.73. The van der Waals surface area contributed by atoms with E-state index in [1.807, 2.05) is 4.90 Å². The van der Waals surface area contributed by atoms with E-state index in [4.69, 9.17) is 4.74 Å². The Kier molecular flexibility index (Phi) is 5.08. The molecule has 0 unspecified atom stereocenters. The number of nitro groups is 1. The first-order valence-electron chi connectivity index (χ1n) is 7.83. The van der Waals surface area contributed by atoms with Crippen LogP contribution in [-0.2, 0) is 11.3 Å². The molecule has 6 nitrogen and oxygen atoms in total. The van der Waals surface area contributed by atoms with Crippen LogP contribution in [0.15, 0.2) is 36.4 Å². The molecule has 2 aromatic carbocycles. The number of hydrogen-bond acceptors (Lipinski definition) is 5. The van der Waals surface area contributed by atoms with Gasteiger partial charge in [0.2, 0.25) is 0 Å². The van der Waals surface area contributed by atoms with Gasteiger partial charge in [-0.05, 0) is 23.8 Å². The standard InChI is InChI=1S/C17H17F2N3O3/c18-13-2-4-17(22(23)24)15(10-13)20-11-12-1-3-16(14(19)9-12)21-5-7-25-8-6-21/h1-4,9-10,20H,5-8,11H2. The molecule has 3 rings (SSSR count). The number of nitrogens with zero attached hydrogens (tertiary/aromatic N) is 2. The number of benzene rings is 2. The second kappa shape index (κ2) is 7.43. The number of hydrogen-bond donors (Lipinski definition) is 1. The number of nitrogens with one attached hydrogen (secondary N) is 1. The van der Waals surface area contributed by atoms with Gasteiger partial charge in [0.25, 0.3) is 5.69 Å². The number of halogens is 2. The number of morpholine rings is 1. The van der Waals surface area contributed by atoms with Crippen LogP contribution in [0.1, 0.15) is 5.56 Å².